The van der Waals surface area contributed by atoms with Crippen LogP contribution in [0.2, 0.25) is 0 Å². The molecule has 2 heterocycles. The number of nitrogens with one attached hydrogen (secondary N) is 1. The normalized spacial score (nSPS) is 30.0. The van der Waals surface area contributed by atoms with E-state index in [4.69, 9.17) is 9.47 Å². The van der Waals surface area contributed by atoms with Crippen LogP contribution in [0.15, 0.2) is 18.2 Å². The van der Waals surface area contributed by atoms with Crippen LogP contribution in [0.25, 0.3) is 0 Å². The van der Waals surface area contributed by atoms with Gasteiger partial charge in [-0.3, -0.25) is 0 Å². The molecule has 2 aliphatic rings. The summed E-state index contributed by atoms with van der Waals surface area (Å²) in [4.78, 5) is 0. The molecule has 3 nitrogen and oxygen atoms in total. The third-order valence-electron chi connectivity index (χ3n) is 6.07. The van der Waals surface area contributed by atoms with Gasteiger partial charge in [0.25, 0.3) is 0 Å². The first-order valence-corrected chi connectivity index (χ1v) is 9.17. The summed E-state index contributed by atoms with van der Waals surface area (Å²) < 4.78 is 11.2. The van der Waals surface area contributed by atoms with Crippen LogP contribution < -0.4 is 10.1 Å². The minimum Gasteiger partial charge on any atom is -0.496 e. The first-order valence-electron chi connectivity index (χ1n) is 9.17. The van der Waals surface area contributed by atoms with Gasteiger partial charge < -0.3 is 14.8 Å². The standard InChI is InChI=1S/C20H31NO2/c1-14(16-6-5-12-23-13-10-16)18-9-11-21-20(18)17-7-4-8-19(22-3)15(17)2/h4,7-8,14,16,18,20-21H,5-6,9-13H2,1-3H3/t14?,16?,18-,20+/m1/s1. The Bertz CT molecular complexity index is 508. The number of ether oxygens (including phenoxy) is 2. The van der Waals surface area contributed by atoms with Crippen LogP contribution in [-0.4, -0.2) is 26.9 Å². The van der Waals surface area contributed by atoms with Crippen LogP contribution in [0.4, 0.5) is 0 Å². The minimum absolute atomic E-state index is 0.462. The Labute approximate surface area is 140 Å². The van der Waals surface area contributed by atoms with Crippen molar-refractivity contribution >= 4 is 0 Å². The largest absolute Gasteiger partial charge is 0.496 e. The second-order valence-electron chi connectivity index (χ2n) is 7.22. The maximum absolute atomic E-state index is 5.67. The molecule has 0 spiro atoms. The van der Waals surface area contributed by atoms with Crippen LogP contribution in [0.3, 0.4) is 0 Å². The summed E-state index contributed by atoms with van der Waals surface area (Å²) in [5, 5.41) is 3.76. The Kier molecular flexibility index (Phi) is 5.60. The highest BCUT2D eigenvalue weighted by Crippen LogP contribution is 2.42. The van der Waals surface area contributed by atoms with Gasteiger partial charge in [0.1, 0.15) is 5.75 Å². The van der Waals surface area contributed by atoms with Crippen molar-refractivity contribution in [3.8, 4) is 5.75 Å². The van der Waals surface area contributed by atoms with Crippen LogP contribution in [0.1, 0.15) is 49.8 Å². The third-order valence-corrected chi connectivity index (χ3v) is 6.07. The van der Waals surface area contributed by atoms with Crippen LogP contribution in [0, 0.1) is 24.7 Å². The van der Waals surface area contributed by atoms with Gasteiger partial charge in [0, 0.05) is 19.3 Å². The first kappa shape index (κ1) is 16.8. The molecule has 4 atom stereocenters. The predicted octanol–water partition coefficient (Wildman–Crippen LogP) is 4.11. The summed E-state index contributed by atoms with van der Waals surface area (Å²) in [6.07, 6.45) is 5.04. The van der Waals surface area contributed by atoms with E-state index >= 15 is 0 Å². The molecule has 3 rings (SSSR count). The average molecular weight is 317 g/mol. The van der Waals surface area contributed by atoms with Gasteiger partial charge >= 0.3 is 0 Å². The van der Waals surface area contributed by atoms with Gasteiger partial charge in [-0.15, -0.1) is 0 Å². The summed E-state index contributed by atoms with van der Waals surface area (Å²) in [6.45, 7) is 7.67. The summed E-state index contributed by atoms with van der Waals surface area (Å²) in [6, 6.07) is 6.93. The van der Waals surface area contributed by atoms with E-state index in [2.05, 4.69) is 37.4 Å². The summed E-state index contributed by atoms with van der Waals surface area (Å²) >= 11 is 0. The number of methoxy groups -OCH3 is 1. The van der Waals surface area contributed by atoms with Crippen molar-refractivity contribution in [3.05, 3.63) is 29.3 Å². The second kappa shape index (κ2) is 7.67. The highest BCUT2D eigenvalue weighted by atomic mass is 16.5. The molecule has 0 aliphatic carbocycles. The molecule has 2 saturated heterocycles. The van der Waals surface area contributed by atoms with Crippen molar-refractivity contribution in [2.75, 3.05) is 26.9 Å². The van der Waals surface area contributed by atoms with Crippen molar-refractivity contribution in [1.82, 2.24) is 5.32 Å². The lowest BCUT2D eigenvalue weighted by molar-refractivity contribution is 0.133. The highest BCUT2D eigenvalue weighted by molar-refractivity contribution is 5.41. The van der Waals surface area contributed by atoms with E-state index < -0.39 is 0 Å². The molecule has 128 valence electrons. The van der Waals surface area contributed by atoms with E-state index in [0.29, 0.717) is 12.0 Å². The minimum atomic E-state index is 0.462. The van der Waals surface area contributed by atoms with Crippen molar-refractivity contribution in [1.29, 1.82) is 0 Å². The molecular formula is C20H31NO2. The maximum atomic E-state index is 5.67. The Morgan fingerprint density at radius 3 is 2.91 bits per heavy atom. The molecule has 1 aromatic rings. The first-order chi connectivity index (χ1) is 11.2. The molecule has 0 radical (unpaired) electrons. The van der Waals surface area contributed by atoms with Gasteiger partial charge in [-0.25, -0.2) is 0 Å². The van der Waals surface area contributed by atoms with Crippen molar-refractivity contribution in [2.24, 2.45) is 17.8 Å². The molecule has 2 aliphatic heterocycles. The van der Waals surface area contributed by atoms with E-state index in [0.717, 1.165) is 37.3 Å². The smallest absolute Gasteiger partial charge is 0.122 e. The monoisotopic (exact) mass is 317 g/mol. The predicted molar refractivity (Wildman–Crippen MR) is 93.9 cm³/mol. The van der Waals surface area contributed by atoms with Gasteiger partial charge in [-0.05, 0) is 74.1 Å². The zero-order valence-corrected chi connectivity index (χ0v) is 14.8. The van der Waals surface area contributed by atoms with E-state index in [1.807, 2.05) is 0 Å². The van der Waals surface area contributed by atoms with E-state index in [9.17, 15) is 0 Å². The summed E-state index contributed by atoms with van der Waals surface area (Å²) in [5.74, 6) is 3.26. The van der Waals surface area contributed by atoms with Crippen molar-refractivity contribution in [3.63, 3.8) is 0 Å². The lowest BCUT2D eigenvalue weighted by atomic mass is 9.74. The molecule has 2 fully saturated rings. The number of rotatable bonds is 4. The molecule has 0 saturated carbocycles. The van der Waals surface area contributed by atoms with Crippen LogP contribution in [-0.2, 0) is 4.74 Å². The fraction of sp³-hybridized carbons (Fsp3) is 0.700. The van der Waals surface area contributed by atoms with Crippen LogP contribution >= 0.6 is 0 Å². The van der Waals surface area contributed by atoms with Gasteiger partial charge in [-0.2, -0.15) is 0 Å². The molecular weight excluding hydrogens is 286 g/mol. The average Bonchev–Trinajstić information content (AvgIpc) is 2.88. The number of hydrogen-bond donors (Lipinski definition) is 1. The van der Waals surface area contributed by atoms with E-state index in [1.54, 1.807) is 7.11 Å². The third kappa shape index (κ3) is 3.56. The molecule has 1 N–H and O–H groups in total. The number of hydrogen-bond acceptors (Lipinski definition) is 3. The fourth-order valence-corrected chi connectivity index (χ4v) is 4.62. The maximum Gasteiger partial charge on any atom is 0.122 e. The topological polar surface area (TPSA) is 30.5 Å². The Morgan fingerprint density at radius 2 is 2.09 bits per heavy atom. The zero-order valence-electron chi connectivity index (χ0n) is 14.8. The lowest BCUT2D eigenvalue weighted by Crippen LogP contribution is -2.27. The molecule has 0 amide bonds. The Morgan fingerprint density at radius 1 is 1.22 bits per heavy atom. The highest BCUT2D eigenvalue weighted by Gasteiger charge is 2.36. The SMILES string of the molecule is COc1cccc([C@@H]2NCC[C@@H]2C(C)C2CCCOCC2)c1C. The lowest BCUT2D eigenvalue weighted by Gasteiger charge is -2.32. The van der Waals surface area contributed by atoms with Gasteiger partial charge in [0.15, 0.2) is 0 Å². The zero-order chi connectivity index (χ0) is 16.2. The summed E-state index contributed by atoms with van der Waals surface area (Å²) in [7, 11) is 1.76. The van der Waals surface area contributed by atoms with E-state index in [1.165, 1.54) is 36.8 Å². The molecule has 2 unspecified atom stereocenters. The van der Waals surface area contributed by atoms with Gasteiger partial charge in [-0.1, -0.05) is 19.1 Å². The molecule has 0 bridgehead atoms. The van der Waals surface area contributed by atoms with Crippen LogP contribution in [0.5, 0.6) is 5.75 Å². The molecule has 1 aromatic carbocycles. The van der Waals surface area contributed by atoms with Gasteiger partial charge in [0.05, 0.1) is 7.11 Å². The Balaban J connectivity index is 1.79. The quantitative estimate of drug-likeness (QED) is 0.906. The molecule has 3 heteroatoms. The number of benzene rings is 1. The van der Waals surface area contributed by atoms with E-state index in [-0.39, 0.29) is 0 Å². The van der Waals surface area contributed by atoms with Crippen molar-refractivity contribution < 1.29 is 9.47 Å². The summed E-state index contributed by atoms with van der Waals surface area (Å²) in [5.41, 5.74) is 2.71. The van der Waals surface area contributed by atoms with Gasteiger partial charge in [0.2, 0.25) is 0 Å². The second-order valence-corrected chi connectivity index (χ2v) is 7.22. The fourth-order valence-electron chi connectivity index (χ4n) is 4.62. The molecule has 0 aromatic heterocycles. The van der Waals surface area contributed by atoms with Crippen molar-refractivity contribution in [2.45, 2.75) is 45.6 Å². The molecule has 23 heavy (non-hydrogen) atoms. The Hall–Kier alpha value is -1.06.